The lowest BCUT2D eigenvalue weighted by Gasteiger charge is -2.27. The Morgan fingerprint density at radius 2 is 1.28 bits per heavy atom. The van der Waals surface area contributed by atoms with Crippen molar-refractivity contribution in [2.45, 2.75) is 86.0 Å². The molecule has 0 saturated heterocycles. The second kappa shape index (κ2) is 16.8. The number of hydrogen-bond acceptors (Lipinski definition) is 3. The van der Waals surface area contributed by atoms with Crippen LogP contribution in [0.3, 0.4) is 0 Å². The van der Waals surface area contributed by atoms with Crippen LogP contribution in [0.15, 0.2) is 164 Å². The van der Waals surface area contributed by atoms with Gasteiger partial charge in [0.25, 0.3) is 0 Å². The van der Waals surface area contributed by atoms with E-state index in [0.29, 0.717) is 39.2 Å². The van der Waals surface area contributed by atoms with Gasteiger partial charge in [0, 0.05) is 29.8 Å². The smallest absolute Gasteiger partial charge is 0.149 e. The van der Waals surface area contributed by atoms with Crippen LogP contribution in [0.1, 0.15) is 97.3 Å². The lowest BCUT2D eigenvalue weighted by Crippen LogP contribution is -2.17. The molecule has 0 aliphatic heterocycles. The minimum Gasteiger partial charge on any atom is -0.507 e. The van der Waals surface area contributed by atoms with Crippen LogP contribution in [0, 0.1) is 13.8 Å². The summed E-state index contributed by atoms with van der Waals surface area (Å²) in [4.78, 5) is 10.7. The molecule has 0 unspecified atom stereocenters. The quantitative estimate of drug-likeness (QED) is 0.166. The number of pyridine rings is 1. The number of aromatic nitrogens is 3. The molecular weight excluding hydrogens is 791 g/mol. The molecule has 2 heterocycles. The molecule has 1 N–H and O–H groups in total. The standard InChI is InChI=1S/C61H59N3O/c1-38(2)44-29-30-53(50(34-44)42-23-16-12-17-24-42)64-54-28-20-27-49(57(54)63-59(64)51-35-48(60(5,6)7)36-52(58(51)65)61(8,9)10)46-31-45(41-21-14-11-15-22-41)32-47(33-46)56-40(4)55(39(3)37-62-56)43-25-18-13-19-26-43/h11-38,65H,1-10H3/i12D,16D,17D,23D,24D,38D. The Hall–Kier alpha value is -7.04. The molecule has 2 aromatic heterocycles. The minimum absolute atomic E-state index is 0.000132. The summed E-state index contributed by atoms with van der Waals surface area (Å²) in [5, 5.41) is 12.6. The van der Waals surface area contributed by atoms with Crippen molar-refractivity contribution in [3.05, 3.63) is 192 Å². The summed E-state index contributed by atoms with van der Waals surface area (Å²) in [6, 6.07) is 40.6. The summed E-state index contributed by atoms with van der Waals surface area (Å²) in [7, 11) is 0. The number of benzene rings is 7. The van der Waals surface area contributed by atoms with E-state index in [4.69, 9.17) is 15.5 Å². The van der Waals surface area contributed by atoms with E-state index in [2.05, 4.69) is 122 Å². The third-order valence-corrected chi connectivity index (χ3v) is 12.5. The number of hydrogen-bond donors (Lipinski definition) is 1. The monoisotopic (exact) mass is 856 g/mol. The van der Waals surface area contributed by atoms with Gasteiger partial charge in [-0.05, 0) is 129 Å². The Balaban J connectivity index is 1.42. The second-order valence-electron chi connectivity index (χ2n) is 19.4. The molecule has 65 heavy (non-hydrogen) atoms. The number of aromatic hydroxyl groups is 1. The normalized spacial score (nSPS) is 13.5. The van der Waals surface area contributed by atoms with Crippen molar-refractivity contribution in [1.29, 1.82) is 0 Å². The van der Waals surface area contributed by atoms with Crippen molar-refractivity contribution >= 4 is 11.0 Å². The van der Waals surface area contributed by atoms with Crippen LogP contribution in [0.4, 0.5) is 0 Å². The Bertz CT molecular complexity index is 3530. The molecule has 0 spiro atoms. The molecule has 9 aromatic rings. The van der Waals surface area contributed by atoms with E-state index in [-0.39, 0.29) is 28.8 Å². The highest BCUT2D eigenvalue weighted by molar-refractivity contribution is 5.99. The van der Waals surface area contributed by atoms with Gasteiger partial charge in [-0.2, -0.15) is 0 Å². The van der Waals surface area contributed by atoms with Gasteiger partial charge in [0.2, 0.25) is 0 Å². The maximum Gasteiger partial charge on any atom is 0.149 e. The topological polar surface area (TPSA) is 50.9 Å². The average molecular weight is 856 g/mol. The van der Waals surface area contributed by atoms with Crippen LogP contribution < -0.4 is 0 Å². The average Bonchev–Trinajstić information content (AvgIpc) is 3.72. The summed E-state index contributed by atoms with van der Waals surface area (Å²) < 4.78 is 55.6. The summed E-state index contributed by atoms with van der Waals surface area (Å²) in [6.07, 6.45) is 1.94. The van der Waals surface area contributed by atoms with Gasteiger partial charge in [-0.1, -0.05) is 171 Å². The Morgan fingerprint density at radius 1 is 0.615 bits per heavy atom. The molecule has 0 fully saturated rings. The maximum absolute atomic E-state index is 12.6. The lowest BCUT2D eigenvalue weighted by molar-refractivity contribution is 0.446. The van der Waals surface area contributed by atoms with Crippen molar-refractivity contribution in [2.75, 3.05) is 0 Å². The van der Waals surface area contributed by atoms with E-state index >= 15 is 0 Å². The van der Waals surface area contributed by atoms with Crippen molar-refractivity contribution in [3.63, 3.8) is 0 Å². The van der Waals surface area contributed by atoms with Gasteiger partial charge < -0.3 is 5.11 Å². The molecule has 0 aliphatic carbocycles. The zero-order valence-electron chi connectivity index (χ0n) is 45.0. The summed E-state index contributed by atoms with van der Waals surface area (Å²) in [5.41, 5.74) is 13.9. The SMILES string of the molecule is [2H]c1c([2H])c([2H])c(-c2cc(C([2H])(C)C)ccc2-n2c(-c3cc(C(C)(C)C)cc(C(C)(C)C)c3O)nc3c(-c4cc(-c5ccccc5)cc(-c5ncc(C)c(-c6ccccc6)c5C)c4)cccc32)c([2H])c1[2H]. The highest BCUT2D eigenvalue weighted by Gasteiger charge is 2.29. The number of imidazole rings is 1. The molecule has 9 rings (SSSR count). The zero-order valence-corrected chi connectivity index (χ0v) is 39.0. The fraction of sp³-hybridized carbons (Fsp3) is 0.213. The van der Waals surface area contributed by atoms with Gasteiger partial charge in [0.05, 0.1) is 34.8 Å². The Morgan fingerprint density at radius 3 is 1.94 bits per heavy atom. The predicted octanol–water partition coefficient (Wildman–Crippen LogP) is 16.5. The molecule has 0 amide bonds. The van der Waals surface area contributed by atoms with Crippen LogP contribution in [0.25, 0.3) is 83.9 Å². The van der Waals surface area contributed by atoms with Crippen LogP contribution >= 0.6 is 0 Å². The van der Waals surface area contributed by atoms with Crippen LogP contribution in [-0.2, 0) is 10.8 Å². The van der Waals surface area contributed by atoms with Crippen LogP contribution in [-0.4, -0.2) is 19.6 Å². The van der Waals surface area contributed by atoms with E-state index in [1.807, 2.05) is 65.4 Å². The number of aryl methyl sites for hydroxylation is 1. The van der Waals surface area contributed by atoms with Gasteiger partial charge >= 0.3 is 0 Å². The zero-order chi connectivity index (χ0) is 51.1. The lowest BCUT2D eigenvalue weighted by atomic mass is 9.79. The highest BCUT2D eigenvalue weighted by Crippen LogP contribution is 2.46. The van der Waals surface area contributed by atoms with Gasteiger partial charge in [0.1, 0.15) is 11.6 Å². The number of fused-ring (bicyclic) bond motifs is 1. The van der Waals surface area contributed by atoms with Crippen molar-refractivity contribution < 1.29 is 13.3 Å². The van der Waals surface area contributed by atoms with E-state index in [9.17, 15) is 7.85 Å². The number of para-hydroxylation sites is 1. The van der Waals surface area contributed by atoms with Gasteiger partial charge in [0.15, 0.2) is 0 Å². The first-order valence-corrected chi connectivity index (χ1v) is 22.3. The van der Waals surface area contributed by atoms with Gasteiger partial charge in [-0.25, -0.2) is 4.98 Å². The van der Waals surface area contributed by atoms with Gasteiger partial charge in [-0.15, -0.1) is 0 Å². The van der Waals surface area contributed by atoms with E-state index in [1.165, 1.54) is 0 Å². The van der Waals surface area contributed by atoms with Crippen LogP contribution in [0.5, 0.6) is 5.75 Å². The number of nitrogens with zero attached hydrogens (tertiary/aromatic N) is 3. The molecule has 0 radical (unpaired) electrons. The summed E-state index contributed by atoms with van der Waals surface area (Å²) in [6.45, 7) is 20.4. The van der Waals surface area contributed by atoms with E-state index in [1.54, 1.807) is 19.9 Å². The third kappa shape index (κ3) is 8.19. The van der Waals surface area contributed by atoms with E-state index < -0.39 is 29.4 Å². The first-order valence-electron chi connectivity index (χ1n) is 25.3. The Labute approximate surface area is 393 Å². The number of phenols is 1. The Kier molecular flexibility index (Phi) is 9.40. The van der Waals surface area contributed by atoms with Crippen LogP contribution in [0.2, 0.25) is 0 Å². The fourth-order valence-corrected chi connectivity index (χ4v) is 8.99. The predicted molar refractivity (Wildman–Crippen MR) is 274 cm³/mol. The summed E-state index contributed by atoms with van der Waals surface area (Å²) >= 11 is 0. The molecule has 0 bridgehead atoms. The van der Waals surface area contributed by atoms with E-state index in [0.717, 1.165) is 66.9 Å². The van der Waals surface area contributed by atoms with Gasteiger partial charge in [-0.3, -0.25) is 9.55 Å². The molecule has 0 saturated carbocycles. The molecule has 324 valence electrons. The largest absolute Gasteiger partial charge is 0.507 e. The van der Waals surface area contributed by atoms with Crippen molar-refractivity contribution in [2.24, 2.45) is 0 Å². The molecule has 4 nitrogen and oxygen atoms in total. The molecule has 0 atom stereocenters. The first kappa shape index (κ1) is 36.3. The highest BCUT2D eigenvalue weighted by atomic mass is 16.3. The molecule has 7 aromatic carbocycles. The number of phenolic OH excluding ortho intramolecular Hbond substituents is 1. The molecular formula is C61H59N3O. The fourth-order valence-electron chi connectivity index (χ4n) is 8.99. The maximum atomic E-state index is 12.6. The minimum atomic E-state index is -1.11. The van der Waals surface area contributed by atoms with Crippen molar-refractivity contribution in [3.8, 4) is 78.6 Å². The summed E-state index contributed by atoms with van der Waals surface area (Å²) in [5.74, 6) is -0.640. The van der Waals surface area contributed by atoms with Crippen molar-refractivity contribution in [1.82, 2.24) is 14.5 Å². The molecule has 4 heteroatoms. The molecule has 0 aliphatic rings. The second-order valence-corrected chi connectivity index (χ2v) is 19.4. The third-order valence-electron chi connectivity index (χ3n) is 12.5. The number of rotatable bonds is 8. The first-order chi connectivity index (χ1) is 33.4.